The number of phenolic OH excluding ortho intramolecular Hbond substituents is 1. The zero-order chi connectivity index (χ0) is 12.6. The summed E-state index contributed by atoms with van der Waals surface area (Å²) in [7, 11) is -3.08. The van der Waals surface area contributed by atoms with E-state index in [-0.39, 0.29) is 10.7 Å². The Kier molecular flexibility index (Phi) is 2.83. The summed E-state index contributed by atoms with van der Waals surface area (Å²) in [6.45, 7) is 0. The maximum atomic E-state index is 11.4. The molecule has 17 heavy (non-hydrogen) atoms. The standard InChI is InChI=1S/C11H11O5P/c1-16-8-4-2-7-3-5-10(12)11(9(7)6-8)17(13,14)15/h2-6,12H,1H3,(H2,13,14,15). The molecule has 0 bridgehead atoms. The average Bonchev–Trinajstić information content (AvgIpc) is 2.26. The number of methoxy groups -OCH3 is 1. The summed E-state index contributed by atoms with van der Waals surface area (Å²) in [5.74, 6) is 0.0527. The van der Waals surface area contributed by atoms with E-state index in [1.54, 1.807) is 18.2 Å². The van der Waals surface area contributed by atoms with Crippen molar-refractivity contribution in [2.75, 3.05) is 7.11 Å². The van der Waals surface area contributed by atoms with Crippen LogP contribution in [0.1, 0.15) is 0 Å². The molecule has 0 fully saturated rings. The minimum absolute atomic E-state index is 0.290. The molecule has 0 spiro atoms. The van der Waals surface area contributed by atoms with Crippen LogP contribution >= 0.6 is 7.60 Å². The third-order valence-electron chi connectivity index (χ3n) is 2.47. The SMILES string of the molecule is COc1ccc2ccc(O)c(P(=O)(O)O)c2c1. The van der Waals surface area contributed by atoms with Gasteiger partial charge in [0.25, 0.3) is 0 Å². The minimum Gasteiger partial charge on any atom is -0.507 e. The molecule has 0 heterocycles. The van der Waals surface area contributed by atoms with Crippen LogP contribution in [0.2, 0.25) is 0 Å². The van der Waals surface area contributed by atoms with Crippen LogP contribution in [0.3, 0.4) is 0 Å². The van der Waals surface area contributed by atoms with E-state index in [1.807, 2.05) is 0 Å². The largest absolute Gasteiger partial charge is 0.507 e. The van der Waals surface area contributed by atoms with Crippen molar-refractivity contribution in [2.45, 2.75) is 0 Å². The van der Waals surface area contributed by atoms with E-state index in [9.17, 15) is 19.5 Å². The zero-order valence-corrected chi connectivity index (χ0v) is 9.89. The first-order valence-electron chi connectivity index (χ1n) is 4.79. The molecule has 0 aliphatic carbocycles. The lowest BCUT2D eigenvalue weighted by Gasteiger charge is -2.11. The van der Waals surface area contributed by atoms with Crippen molar-refractivity contribution in [3.63, 3.8) is 0 Å². The first kappa shape index (κ1) is 11.9. The number of rotatable bonds is 2. The second-order valence-electron chi connectivity index (χ2n) is 3.56. The van der Waals surface area contributed by atoms with E-state index in [2.05, 4.69) is 0 Å². The zero-order valence-electron chi connectivity index (χ0n) is 8.99. The molecule has 2 rings (SSSR count). The minimum atomic E-state index is -4.54. The van der Waals surface area contributed by atoms with Crippen LogP contribution in [0.25, 0.3) is 10.8 Å². The smallest absolute Gasteiger partial charge is 0.360 e. The van der Waals surface area contributed by atoms with Crippen molar-refractivity contribution in [1.82, 2.24) is 0 Å². The Bertz CT molecular complexity index is 617. The van der Waals surface area contributed by atoms with Crippen LogP contribution in [-0.2, 0) is 4.57 Å². The molecule has 6 heteroatoms. The Morgan fingerprint density at radius 2 is 1.82 bits per heavy atom. The third kappa shape index (κ3) is 2.13. The first-order chi connectivity index (χ1) is 7.93. The molecule has 2 aromatic carbocycles. The number of hydrogen-bond acceptors (Lipinski definition) is 3. The molecule has 0 amide bonds. The predicted molar refractivity (Wildman–Crippen MR) is 63.8 cm³/mol. The van der Waals surface area contributed by atoms with Gasteiger partial charge in [0.15, 0.2) is 0 Å². The van der Waals surface area contributed by atoms with Crippen LogP contribution in [0, 0.1) is 0 Å². The molecular formula is C11H11O5P. The lowest BCUT2D eigenvalue weighted by molar-refractivity contribution is 0.385. The average molecular weight is 254 g/mol. The molecule has 3 N–H and O–H groups in total. The van der Waals surface area contributed by atoms with Crippen molar-refractivity contribution in [2.24, 2.45) is 0 Å². The molecule has 0 saturated heterocycles. The Labute approximate surface area is 97.4 Å². The quantitative estimate of drug-likeness (QED) is 0.704. The highest BCUT2D eigenvalue weighted by Crippen LogP contribution is 2.40. The van der Waals surface area contributed by atoms with E-state index in [0.29, 0.717) is 11.1 Å². The number of aromatic hydroxyl groups is 1. The first-order valence-corrected chi connectivity index (χ1v) is 6.40. The molecule has 0 saturated carbocycles. The van der Waals surface area contributed by atoms with Crippen LogP contribution in [0.15, 0.2) is 30.3 Å². The molecule has 0 aromatic heterocycles. The number of fused-ring (bicyclic) bond motifs is 1. The van der Waals surface area contributed by atoms with Gasteiger partial charge in [-0.15, -0.1) is 0 Å². The van der Waals surface area contributed by atoms with E-state index in [1.165, 1.54) is 19.2 Å². The molecule has 0 aliphatic rings. The highest BCUT2D eigenvalue weighted by molar-refractivity contribution is 7.61. The second kappa shape index (κ2) is 4.04. The molecule has 2 aromatic rings. The fraction of sp³-hybridized carbons (Fsp3) is 0.0909. The Hall–Kier alpha value is -1.55. The van der Waals surface area contributed by atoms with E-state index < -0.39 is 13.3 Å². The van der Waals surface area contributed by atoms with Crippen molar-refractivity contribution in [3.05, 3.63) is 30.3 Å². The van der Waals surface area contributed by atoms with E-state index >= 15 is 0 Å². The lowest BCUT2D eigenvalue weighted by atomic mass is 10.1. The van der Waals surface area contributed by atoms with Crippen molar-refractivity contribution in [3.8, 4) is 11.5 Å². The van der Waals surface area contributed by atoms with Crippen LogP contribution in [0.5, 0.6) is 11.5 Å². The van der Waals surface area contributed by atoms with Crippen LogP contribution in [0.4, 0.5) is 0 Å². The Morgan fingerprint density at radius 1 is 1.18 bits per heavy atom. The summed E-state index contributed by atoms with van der Waals surface area (Å²) in [4.78, 5) is 18.5. The van der Waals surface area contributed by atoms with Gasteiger partial charge in [-0.05, 0) is 23.6 Å². The van der Waals surface area contributed by atoms with Gasteiger partial charge in [0, 0.05) is 5.39 Å². The molecule has 0 unspecified atom stereocenters. The number of benzene rings is 2. The van der Waals surface area contributed by atoms with E-state index in [0.717, 1.165) is 0 Å². The topological polar surface area (TPSA) is 87.0 Å². The van der Waals surface area contributed by atoms with Gasteiger partial charge in [-0.2, -0.15) is 0 Å². The fourth-order valence-corrected chi connectivity index (χ4v) is 2.58. The van der Waals surface area contributed by atoms with Gasteiger partial charge in [0.2, 0.25) is 0 Å². The highest BCUT2D eigenvalue weighted by atomic mass is 31.2. The molecular weight excluding hydrogens is 243 g/mol. The van der Waals surface area contributed by atoms with Gasteiger partial charge in [-0.3, -0.25) is 4.57 Å². The normalized spacial score (nSPS) is 11.7. The van der Waals surface area contributed by atoms with Crippen molar-refractivity contribution < 1.29 is 24.2 Å². The summed E-state index contributed by atoms with van der Waals surface area (Å²) in [6.07, 6.45) is 0. The monoisotopic (exact) mass is 254 g/mol. The van der Waals surface area contributed by atoms with E-state index in [4.69, 9.17) is 4.74 Å². The molecule has 0 radical (unpaired) electrons. The second-order valence-corrected chi connectivity index (χ2v) is 5.10. The van der Waals surface area contributed by atoms with Crippen molar-refractivity contribution >= 4 is 23.7 Å². The van der Waals surface area contributed by atoms with Gasteiger partial charge in [0.05, 0.1) is 7.11 Å². The third-order valence-corrected chi connectivity index (χ3v) is 3.52. The van der Waals surface area contributed by atoms with Crippen molar-refractivity contribution in [1.29, 1.82) is 0 Å². The Morgan fingerprint density at radius 3 is 2.41 bits per heavy atom. The van der Waals surface area contributed by atoms with Crippen LogP contribution in [-0.4, -0.2) is 22.0 Å². The van der Waals surface area contributed by atoms with Gasteiger partial charge < -0.3 is 19.6 Å². The Balaban J connectivity index is 2.88. The summed E-state index contributed by atoms with van der Waals surface area (Å²) >= 11 is 0. The van der Waals surface area contributed by atoms with Crippen LogP contribution < -0.4 is 10.0 Å². The predicted octanol–water partition coefficient (Wildman–Crippen LogP) is 1.36. The van der Waals surface area contributed by atoms with Gasteiger partial charge >= 0.3 is 7.60 Å². The lowest BCUT2D eigenvalue weighted by Crippen LogP contribution is -2.06. The summed E-state index contributed by atoms with van der Waals surface area (Å²) in [5, 5.41) is 10.1. The molecule has 0 aliphatic heterocycles. The summed E-state index contributed by atoms with van der Waals surface area (Å²) in [5.41, 5.74) is 0. The number of phenols is 1. The van der Waals surface area contributed by atoms with Gasteiger partial charge in [-0.25, -0.2) is 0 Å². The number of ether oxygens (including phenoxy) is 1. The maximum Gasteiger partial charge on any atom is 0.360 e. The molecule has 90 valence electrons. The summed E-state index contributed by atoms with van der Waals surface area (Å²) in [6, 6.07) is 7.70. The maximum absolute atomic E-state index is 11.4. The molecule has 5 nitrogen and oxygen atoms in total. The summed E-state index contributed by atoms with van der Waals surface area (Å²) < 4.78 is 16.4. The fourth-order valence-electron chi connectivity index (χ4n) is 1.70. The van der Waals surface area contributed by atoms with Gasteiger partial charge in [-0.1, -0.05) is 12.1 Å². The highest BCUT2D eigenvalue weighted by Gasteiger charge is 2.24. The number of hydrogen-bond donors (Lipinski definition) is 3. The van der Waals surface area contributed by atoms with Gasteiger partial charge in [0.1, 0.15) is 16.8 Å². The molecule has 0 atom stereocenters.